The number of anilines is 1. The number of nitrogens with zero attached hydrogens (tertiary/aromatic N) is 1. The van der Waals surface area contributed by atoms with Crippen molar-refractivity contribution in [2.45, 2.75) is 37.6 Å². The van der Waals surface area contributed by atoms with Gasteiger partial charge in [-0.15, -0.1) is 0 Å². The fraction of sp³-hybridized carbons (Fsp3) is 0.409. The summed E-state index contributed by atoms with van der Waals surface area (Å²) in [6.07, 6.45) is 5.33. The Morgan fingerprint density at radius 3 is 2.81 bits per heavy atom. The van der Waals surface area contributed by atoms with Gasteiger partial charge in [0.1, 0.15) is 0 Å². The molecule has 5 rings (SSSR count). The Morgan fingerprint density at radius 1 is 1.04 bits per heavy atom. The molecule has 1 N–H and O–H groups in total. The van der Waals surface area contributed by atoms with E-state index in [2.05, 4.69) is 75.3 Å². The van der Waals surface area contributed by atoms with Crippen LogP contribution in [-0.2, 0) is 0 Å². The van der Waals surface area contributed by atoms with Crippen molar-refractivity contribution in [1.29, 1.82) is 0 Å². The number of nitrogens with one attached hydrogen (secondary N) is 1. The molecule has 0 spiro atoms. The molecule has 0 radical (unpaired) electrons. The standard InChI is InChI=1S/C22H23IN2S/c23-17-4-1-3-14(11-17)15-6-7-20-19(13-15)21(22(26)24-20)16-8-10-25-9-2-5-18(25)12-16/h1,3-4,6-7,11,13,16,18,21H,2,5,8-10,12H2,(H,24,26). The number of fused-ring (bicyclic) bond motifs is 2. The summed E-state index contributed by atoms with van der Waals surface area (Å²) >= 11 is 8.19. The summed E-state index contributed by atoms with van der Waals surface area (Å²) in [4.78, 5) is 3.74. The zero-order valence-electron chi connectivity index (χ0n) is 14.7. The number of hydrogen-bond donors (Lipinski definition) is 1. The molecule has 4 heteroatoms. The maximum Gasteiger partial charge on any atom is 0.0876 e. The predicted molar refractivity (Wildman–Crippen MR) is 121 cm³/mol. The predicted octanol–water partition coefficient (Wildman–Crippen LogP) is 5.67. The van der Waals surface area contributed by atoms with Crippen molar-refractivity contribution in [1.82, 2.24) is 4.90 Å². The highest BCUT2D eigenvalue weighted by Crippen LogP contribution is 2.45. The molecule has 0 saturated carbocycles. The smallest absolute Gasteiger partial charge is 0.0876 e. The van der Waals surface area contributed by atoms with Crippen LogP contribution in [0.15, 0.2) is 42.5 Å². The summed E-state index contributed by atoms with van der Waals surface area (Å²) < 4.78 is 1.28. The number of halogens is 1. The van der Waals surface area contributed by atoms with Crippen molar-refractivity contribution in [2.75, 3.05) is 18.4 Å². The molecule has 2 fully saturated rings. The SMILES string of the molecule is S=C1Nc2ccc(-c3cccc(I)c3)cc2C1C1CCN2CCCC2C1. The second-order valence-corrected chi connectivity index (χ2v) is 9.58. The van der Waals surface area contributed by atoms with Crippen LogP contribution in [-0.4, -0.2) is 29.0 Å². The van der Waals surface area contributed by atoms with Gasteiger partial charge in [0, 0.05) is 21.2 Å². The van der Waals surface area contributed by atoms with Crippen LogP contribution in [0.5, 0.6) is 0 Å². The molecule has 3 unspecified atom stereocenters. The van der Waals surface area contributed by atoms with E-state index in [4.69, 9.17) is 12.2 Å². The first-order valence-electron chi connectivity index (χ1n) is 9.64. The Morgan fingerprint density at radius 2 is 1.92 bits per heavy atom. The molecule has 3 heterocycles. The molecule has 0 aromatic heterocycles. The Hall–Kier alpha value is -0.980. The van der Waals surface area contributed by atoms with Crippen molar-refractivity contribution >= 4 is 45.5 Å². The molecule has 0 amide bonds. The van der Waals surface area contributed by atoms with Crippen molar-refractivity contribution in [3.8, 4) is 11.1 Å². The van der Waals surface area contributed by atoms with Crippen molar-refractivity contribution < 1.29 is 0 Å². The zero-order chi connectivity index (χ0) is 17.7. The third-order valence-electron chi connectivity index (χ3n) is 6.42. The average molecular weight is 474 g/mol. The third-order valence-corrected chi connectivity index (χ3v) is 7.44. The minimum Gasteiger partial charge on any atom is -0.349 e. The van der Waals surface area contributed by atoms with Gasteiger partial charge in [-0.2, -0.15) is 0 Å². The second kappa shape index (κ2) is 6.88. The Bertz CT molecular complexity index is 865. The van der Waals surface area contributed by atoms with Crippen LogP contribution in [0.25, 0.3) is 11.1 Å². The minimum atomic E-state index is 0.394. The lowest BCUT2D eigenvalue weighted by molar-refractivity contribution is 0.149. The molecule has 2 aromatic carbocycles. The molecule has 0 bridgehead atoms. The number of benzene rings is 2. The zero-order valence-corrected chi connectivity index (χ0v) is 17.7. The van der Waals surface area contributed by atoms with Gasteiger partial charge in [0.2, 0.25) is 0 Å². The van der Waals surface area contributed by atoms with Gasteiger partial charge in [0.15, 0.2) is 0 Å². The van der Waals surface area contributed by atoms with Crippen molar-refractivity contribution in [3.05, 3.63) is 51.6 Å². The van der Waals surface area contributed by atoms with Crippen molar-refractivity contribution in [2.24, 2.45) is 5.92 Å². The number of hydrogen-bond acceptors (Lipinski definition) is 2. The van der Waals surface area contributed by atoms with Gasteiger partial charge >= 0.3 is 0 Å². The fourth-order valence-electron chi connectivity index (χ4n) is 5.16. The molecule has 26 heavy (non-hydrogen) atoms. The van der Waals surface area contributed by atoms with E-state index in [0.29, 0.717) is 11.8 Å². The van der Waals surface area contributed by atoms with E-state index in [0.717, 1.165) is 11.0 Å². The van der Waals surface area contributed by atoms with Gasteiger partial charge in [-0.1, -0.05) is 30.4 Å². The largest absolute Gasteiger partial charge is 0.349 e. The lowest BCUT2D eigenvalue weighted by Gasteiger charge is -2.37. The van der Waals surface area contributed by atoms with Gasteiger partial charge < -0.3 is 10.2 Å². The lowest BCUT2D eigenvalue weighted by atomic mass is 9.78. The highest BCUT2D eigenvalue weighted by atomic mass is 127. The molecule has 3 atom stereocenters. The Labute approximate surface area is 174 Å². The van der Waals surface area contributed by atoms with Gasteiger partial charge in [0.25, 0.3) is 0 Å². The number of thiocarbonyl (C=S) groups is 1. The van der Waals surface area contributed by atoms with Crippen LogP contribution in [0.4, 0.5) is 5.69 Å². The van der Waals surface area contributed by atoms with E-state index in [-0.39, 0.29) is 0 Å². The summed E-state index contributed by atoms with van der Waals surface area (Å²) in [7, 11) is 0. The molecule has 2 saturated heterocycles. The van der Waals surface area contributed by atoms with E-state index >= 15 is 0 Å². The molecule has 2 nitrogen and oxygen atoms in total. The van der Waals surface area contributed by atoms with E-state index in [9.17, 15) is 0 Å². The molecule has 0 aliphatic carbocycles. The topological polar surface area (TPSA) is 15.3 Å². The summed E-state index contributed by atoms with van der Waals surface area (Å²) in [6.45, 7) is 2.55. The summed E-state index contributed by atoms with van der Waals surface area (Å²) in [6, 6.07) is 16.4. The molecular formula is C22H23IN2S. The summed E-state index contributed by atoms with van der Waals surface area (Å²) in [5, 5.41) is 3.51. The van der Waals surface area contributed by atoms with Crippen LogP contribution >= 0.6 is 34.8 Å². The number of rotatable bonds is 2. The maximum absolute atomic E-state index is 5.80. The van der Waals surface area contributed by atoms with Crippen LogP contribution in [0.1, 0.15) is 37.2 Å². The first-order chi connectivity index (χ1) is 12.7. The molecule has 3 aliphatic heterocycles. The second-order valence-electron chi connectivity index (χ2n) is 7.90. The highest BCUT2D eigenvalue weighted by molar-refractivity contribution is 14.1. The van der Waals surface area contributed by atoms with Gasteiger partial charge in [0.05, 0.1) is 4.99 Å². The fourth-order valence-corrected chi connectivity index (χ4v) is 6.13. The normalized spacial score (nSPS) is 27.9. The van der Waals surface area contributed by atoms with E-state index in [1.165, 1.54) is 64.7 Å². The van der Waals surface area contributed by atoms with Crippen LogP contribution in [0.2, 0.25) is 0 Å². The van der Waals surface area contributed by atoms with Gasteiger partial charge in [-0.3, -0.25) is 0 Å². The summed E-state index contributed by atoms with van der Waals surface area (Å²) in [5.74, 6) is 1.08. The summed E-state index contributed by atoms with van der Waals surface area (Å²) in [5.41, 5.74) is 5.24. The Balaban J connectivity index is 1.48. The molecule has 3 aliphatic rings. The van der Waals surface area contributed by atoms with Crippen molar-refractivity contribution in [3.63, 3.8) is 0 Å². The molecule has 2 aromatic rings. The lowest BCUT2D eigenvalue weighted by Crippen LogP contribution is -2.40. The minimum absolute atomic E-state index is 0.394. The molecular weight excluding hydrogens is 451 g/mol. The van der Waals surface area contributed by atoms with Crippen LogP contribution in [0.3, 0.4) is 0 Å². The van der Waals surface area contributed by atoms with Crippen LogP contribution in [0, 0.1) is 9.49 Å². The quantitative estimate of drug-likeness (QED) is 0.446. The van der Waals surface area contributed by atoms with E-state index in [1.54, 1.807) is 0 Å². The maximum atomic E-state index is 5.80. The first kappa shape index (κ1) is 17.1. The average Bonchev–Trinajstić information content (AvgIpc) is 3.23. The molecule has 134 valence electrons. The van der Waals surface area contributed by atoms with E-state index < -0.39 is 0 Å². The third kappa shape index (κ3) is 3.00. The number of piperidine rings is 1. The van der Waals surface area contributed by atoms with Crippen LogP contribution < -0.4 is 5.32 Å². The first-order valence-corrected chi connectivity index (χ1v) is 11.1. The monoisotopic (exact) mass is 474 g/mol. The van der Waals surface area contributed by atoms with Gasteiger partial charge in [-0.25, -0.2) is 0 Å². The van der Waals surface area contributed by atoms with E-state index in [1.807, 2.05) is 0 Å². The van der Waals surface area contributed by atoms with Gasteiger partial charge in [-0.05, 0) is 108 Å². The highest BCUT2D eigenvalue weighted by Gasteiger charge is 2.40. The Kier molecular flexibility index (Phi) is 4.53.